The van der Waals surface area contributed by atoms with Crippen LogP contribution >= 0.6 is 0 Å². The number of hydrogen-bond acceptors (Lipinski definition) is 1. The highest BCUT2D eigenvalue weighted by Gasteiger charge is 2.05. The van der Waals surface area contributed by atoms with Crippen molar-refractivity contribution in [3.63, 3.8) is 0 Å². The van der Waals surface area contributed by atoms with Gasteiger partial charge in [-0.2, -0.15) is 0 Å². The molecule has 0 fully saturated rings. The Kier molecular flexibility index (Phi) is 2.62. The molecule has 2 rings (SSSR count). The van der Waals surface area contributed by atoms with Gasteiger partial charge in [-0.3, -0.25) is 0 Å². The molecule has 1 aliphatic heterocycles. The van der Waals surface area contributed by atoms with E-state index in [4.69, 9.17) is 11.3 Å². The van der Waals surface area contributed by atoms with Gasteiger partial charge in [-0.25, -0.2) is 4.85 Å². The Labute approximate surface area is 83.6 Å². The molecule has 0 saturated carbocycles. The Balaban J connectivity index is 2.25. The molecule has 1 heterocycles. The highest BCUT2D eigenvalue weighted by molar-refractivity contribution is 5.68. The topological polar surface area (TPSA) is 13.6 Å². The van der Waals surface area contributed by atoms with Crippen LogP contribution in [0.25, 0.3) is 10.4 Å². The van der Waals surface area contributed by atoms with Crippen LogP contribution in [0.4, 0.5) is 5.69 Å². The second-order valence-corrected chi connectivity index (χ2v) is 3.21. The molecule has 0 bridgehead atoms. The van der Waals surface area contributed by atoms with Crippen LogP contribution in [-0.2, 0) is 4.74 Å². The first kappa shape index (κ1) is 8.98. The van der Waals surface area contributed by atoms with Crippen LogP contribution < -0.4 is 0 Å². The van der Waals surface area contributed by atoms with E-state index in [0.717, 1.165) is 13.0 Å². The van der Waals surface area contributed by atoms with Crippen molar-refractivity contribution in [2.24, 2.45) is 0 Å². The van der Waals surface area contributed by atoms with Crippen LogP contribution in [0.3, 0.4) is 0 Å². The van der Waals surface area contributed by atoms with E-state index in [0.29, 0.717) is 12.3 Å². The van der Waals surface area contributed by atoms with Gasteiger partial charge < -0.3 is 4.74 Å². The van der Waals surface area contributed by atoms with Crippen LogP contribution in [-0.4, -0.2) is 13.2 Å². The minimum atomic E-state index is 0.696. The van der Waals surface area contributed by atoms with E-state index in [1.54, 1.807) is 0 Å². The second-order valence-electron chi connectivity index (χ2n) is 3.21. The number of nitrogens with zero attached hydrogens (tertiary/aromatic N) is 1. The number of hydrogen-bond donors (Lipinski definition) is 0. The van der Waals surface area contributed by atoms with Gasteiger partial charge in [-0.15, -0.1) is 0 Å². The van der Waals surface area contributed by atoms with Gasteiger partial charge in [0.05, 0.1) is 19.8 Å². The van der Waals surface area contributed by atoms with E-state index in [1.807, 2.05) is 24.3 Å². The predicted molar refractivity (Wildman–Crippen MR) is 56.1 cm³/mol. The van der Waals surface area contributed by atoms with E-state index in [9.17, 15) is 0 Å². The van der Waals surface area contributed by atoms with E-state index in [-0.39, 0.29) is 0 Å². The van der Waals surface area contributed by atoms with Crippen molar-refractivity contribution in [2.75, 3.05) is 13.2 Å². The van der Waals surface area contributed by atoms with Crippen molar-refractivity contribution in [3.05, 3.63) is 47.3 Å². The zero-order chi connectivity index (χ0) is 9.80. The minimum absolute atomic E-state index is 0.696. The van der Waals surface area contributed by atoms with Crippen molar-refractivity contribution in [3.8, 4) is 0 Å². The maximum absolute atomic E-state index is 6.85. The molecule has 0 unspecified atom stereocenters. The molecule has 0 spiro atoms. The van der Waals surface area contributed by atoms with Gasteiger partial charge in [-0.1, -0.05) is 30.3 Å². The lowest BCUT2D eigenvalue weighted by Crippen LogP contribution is -2.03. The van der Waals surface area contributed by atoms with Gasteiger partial charge in [0.1, 0.15) is 0 Å². The number of rotatable bonds is 1. The smallest absolute Gasteiger partial charge is 0.187 e. The fourth-order valence-electron chi connectivity index (χ4n) is 1.54. The van der Waals surface area contributed by atoms with Gasteiger partial charge in [0.25, 0.3) is 0 Å². The summed E-state index contributed by atoms with van der Waals surface area (Å²) in [4.78, 5) is 3.36. The Morgan fingerprint density at radius 1 is 1.21 bits per heavy atom. The third-order valence-corrected chi connectivity index (χ3v) is 2.33. The summed E-state index contributed by atoms with van der Waals surface area (Å²) in [5.41, 5.74) is 3.23. The van der Waals surface area contributed by atoms with Crippen molar-refractivity contribution in [1.82, 2.24) is 0 Å². The summed E-state index contributed by atoms with van der Waals surface area (Å²) in [6, 6.07) is 7.73. The average Bonchev–Trinajstić information content (AvgIpc) is 2.30. The number of ether oxygens (including phenoxy) is 1. The highest BCUT2D eigenvalue weighted by Crippen LogP contribution is 2.23. The quantitative estimate of drug-likeness (QED) is 0.613. The first-order valence-corrected chi connectivity index (χ1v) is 4.65. The largest absolute Gasteiger partial charge is 0.377 e. The van der Waals surface area contributed by atoms with E-state index >= 15 is 0 Å². The van der Waals surface area contributed by atoms with Crippen molar-refractivity contribution in [1.29, 1.82) is 0 Å². The first-order valence-electron chi connectivity index (χ1n) is 4.65. The minimum Gasteiger partial charge on any atom is -0.377 e. The first-order chi connectivity index (χ1) is 6.90. The summed E-state index contributed by atoms with van der Waals surface area (Å²) in [5, 5.41) is 0. The predicted octanol–water partition coefficient (Wildman–Crippen LogP) is 3.04. The molecule has 0 amide bonds. The normalized spacial score (nSPS) is 15.8. The average molecular weight is 185 g/mol. The molecule has 2 heteroatoms. The molecule has 0 aliphatic carbocycles. The van der Waals surface area contributed by atoms with Gasteiger partial charge >= 0.3 is 0 Å². The molecule has 0 saturated heterocycles. The molecule has 14 heavy (non-hydrogen) atoms. The standard InChI is InChI=1S/C12H11NO/c1-13-12-4-2-10(3-5-12)11-6-8-14-9-7-11/h2-6H,7-9H2. The molecule has 0 N–H and O–H groups in total. The molecule has 0 atom stereocenters. The zero-order valence-corrected chi connectivity index (χ0v) is 7.86. The molecule has 1 aliphatic rings. The Morgan fingerprint density at radius 2 is 2.00 bits per heavy atom. The molecule has 1 aromatic carbocycles. The molecule has 2 nitrogen and oxygen atoms in total. The van der Waals surface area contributed by atoms with Crippen LogP contribution in [0, 0.1) is 6.57 Å². The number of benzene rings is 1. The van der Waals surface area contributed by atoms with Gasteiger partial charge in [-0.05, 0) is 17.6 Å². The highest BCUT2D eigenvalue weighted by atomic mass is 16.5. The van der Waals surface area contributed by atoms with Crippen LogP contribution in [0.5, 0.6) is 0 Å². The lowest BCUT2D eigenvalue weighted by molar-refractivity contribution is 0.161. The third-order valence-electron chi connectivity index (χ3n) is 2.33. The zero-order valence-electron chi connectivity index (χ0n) is 7.86. The van der Waals surface area contributed by atoms with Crippen LogP contribution in [0.1, 0.15) is 12.0 Å². The molecule has 1 aromatic rings. The summed E-state index contributed by atoms with van der Waals surface area (Å²) in [5.74, 6) is 0. The van der Waals surface area contributed by atoms with Crippen molar-refractivity contribution >= 4 is 11.3 Å². The molecular formula is C12H11NO. The maximum atomic E-state index is 6.85. The van der Waals surface area contributed by atoms with Gasteiger partial charge in [0, 0.05) is 0 Å². The second kappa shape index (κ2) is 4.08. The van der Waals surface area contributed by atoms with Crippen molar-refractivity contribution in [2.45, 2.75) is 6.42 Å². The maximum Gasteiger partial charge on any atom is 0.187 e. The fourth-order valence-corrected chi connectivity index (χ4v) is 1.54. The van der Waals surface area contributed by atoms with E-state index in [1.165, 1.54) is 11.1 Å². The molecule has 70 valence electrons. The van der Waals surface area contributed by atoms with Crippen LogP contribution in [0.2, 0.25) is 0 Å². The summed E-state index contributed by atoms with van der Waals surface area (Å²) >= 11 is 0. The molecular weight excluding hydrogens is 174 g/mol. The fraction of sp³-hybridized carbons (Fsp3) is 0.250. The van der Waals surface area contributed by atoms with Crippen LogP contribution in [0.15, 0.2) is 30.3 Å². The summed E-state index contributed by atoms with van der Waals surface area (Å²) in [6.45, 7) is 8.36. The summed E-state index contributed by atoms with van der Waals surface area (Å²) in [7, 11) is 0. The Bertz CT molecular complexity index is 384. The van der Waals surface area contributed by atoms with Crippen molar-refractivity contribution < 1.29 is 4.74 Å². The Hall–Kier alpha value is -1.59. The lowest BCUT2D eigenvalue weighted by Gasteiger charge is -2.13. The molecule has 0 aromatic heterocycles. The third kappa shape index (κ3) is 1.84. The van der Waals surface area contributed by atoms with E-state index < -0.39 is 0 Å². The molecule has 0 radical (unpaired) electrons. The van der Waals surface area contributed by atoms with Gasteiger partial charge in [0.15, 0.2) is 5.69 Å². The summed E-state index contributed by atoms with van der Waals surface area (Å²) in [6.07, 6.45) is 3.08. The van der Waals surface area contributed by atoms with Gasteiger partial charge in [0.2, 0.25) is 0 Å². The Morgan fingerprint density at radius 3 is 2.57 bits per heavy atom. The lowest BCUT2D eigenvalue weighted by atomic mass is 10.0. The SMILES string of the molecule is [C-]#[N+]c1ccc(C2=CCOCC2)cc1. The monoisotopic (exact) mass is 185 g/mol. The van der Waals surface area contributed by atoms with E-state index in [2.05, 4.69) is 10.9 Å². The summed E-state index contributed by atoms with van der Waals surface area (Å²) < 4.78 is 5.24.